The molecule has 0 aromatic heterocycles. The Morgan fingerprint density at radius 3 is 1.00 bits per heavy atom. The Morgan fingerprint density at radius 1 is 0.643 bits per heavy atom. The van der Waals surface area contributed by atoms with E-state index in [1.807, 2.05) is 0 Å². The molecule has 0 heterocycles. The van der Waals surface area contributed by atoms with Crippen LogP contribution in [-0.4, -0.2) is 47.9 Å². The second-order valence-corrected chi connectivity index (χ2v) is 5.19. The fourth-order valence-corrected chi connectivity index (χ4v) is 3.36. The highest BCUT2D eigenvalue weighted by Gasteiger charge is 2.48. The van der Waals surface area contributed by atoms with Gasteiger partial charge in [0.15, 0.2) is 0 Å². The fraction of sp³-hybridized carbons (Fsp3) is 1.00. The average Bonchev–Trinajstić information content (AvgIpc) is 2.17. The van der Waals surface area contributed by atoms with Crippen molar-refractivity contribution in [2.45, 2.75) is 33.7 Å². The van der Waals surface area contributed by atoms with Crippen molar-refractivity contribution in [1.29, 1.82) is 0 Å². The van der Waals surface area contributed by atoms with Crippen LogP contribution in [0.15, 0.2) is 0 Å². The van der Waals surface area contributed by atoms with E-state index in [1.165, 1.54) is 14.2 Å². The lowest BCUT2D eigenvalue weighted by molar-refractivity contribution is 0.0165. The van der Waals surface area contributed by atoms with E-state index in [1.54, 1.807) is 0 Å². The Labute approximate surface area is 104 Å². The van der Waals surface area contributed by atoms with Crippen molar-refractivity contribution < 1.29 is 9.47 Å². The highest BCUT2D eigenvalue weighted by molar-refractivity contribution is 6.35. The molecule has 0 saturated heterocycles. The van der Waals surface area contributed by atoms with E-state index in [-0.39, 0.29) is 12.2 Å². The maximum absolute atomic E-state index is 6.09. The zero-order chi connectivity index (χ0) is 10.9. The topological polar surface area (TPSA) is 18.5 Å². The molecule has 1 aliphatic carbocycles. The Hall–Kier alpha value is 1.08. The van der Waals surface area contributed by atoms with Gasteiger partial charge in [0.05, 0.1) is 33.7 Å². The summed E-state index contributed by atoms with van der Waals surface area (Å²) in [6, 6.07) is 0. The molecule has 0 aromatic rings. The summed E-state index contributed by atoms with van der Waals surface area (Å²) in [6.07, 6.45) is -0.704. The van der Waals surface area contributed by atoms with Gasteiger partial charge < -0.3 is 9.47 Å². The quantitative estimate of drug-likeness (QED) is 0.724. The van der Waals surface area contributed by atoms with E-state index < -0.39 is 21.5 Å². The summed E-state index contributed by atoms with van der Waals surface area (Å²) in [5.41, 5.74) is 0. The molecule has 0 aromatic carbocycles. The minimum Gasteiger partial charge on any atom is -0.378 e. The van der Waals surface area contributed by atoms with Gasteiger partial charge in [-0.25, -0.2) is 0 Å². The van der Waals surface area contributed by atoms with Gasteiger partial charge in [-0.15, -0.1) is 46.4 Å². The molecule has 6 atom stereocenters. The van der Waals surface area contributed by atoms with E-state index in [4.69, 9.17) is 55.9 Å². The van der Waals surface area contributed by atoms with Gasteiger partial charge in [0.1, 0.15) is 0 Å². The molecule has 0 radical (unpaired) electrons. The predicted molar refractivity (Wildman–Crippen MR) is 60.2 cm³/mol. The first-order valence-electron chi connectivity index (χ1n) is 4.16. The monoisotopic (exact) mass is 280 g/mol. The van der Waals surface area contributed by atoms with Crippen LogP contribution in [0, 0.1) is 0 Å². The van der Waals surface area contributed by atoms with Crippen molar-refractivity contribution in [3.8, 4) is 0 Å². The van der Waals surface area contributed by atoms with E-state index in [0.29, 0.717) is 0 Å². The lowest BCUT2D eigenvalue weighted by Gasteiger charge is -2.41. The van der Waals surface area contributed by atoms with Gasteiger partial charge in [-0.3, -0.25) is 0 Å². The van der Waals surface area contributed by atoms with Crippen molar-refractivity contribution in [3.63, 3.8) is 0 Å². The molecule has 84 valence electrons. The molecule has 2 nitrogen and oxygen atoms in total. The first-order valence-corrected chi connectivity index (χ1v) is 5.91. The number of alkyl halides is 4. The van der Waals surface area contributed by atoms with Crippen LogP contribution in [0.5, 0.6) is 0 Å². The van der Waals surface area contributed by atoms with E-state index in [9.17, 15) is 0 Å². The number of methoxy groups -OCH3 is 2. The lowest BCUT2D eigenvalue weighted by Crippen LogP contribution is -2.57. The second-order valence-electron chi connectivity index (χ2n) is 3.18. The van der Waals surface area contributed by atoms with Gasteiger partial charge in [0.25, 0.3) is 0 Å². The van der Waals surface area contributed by atoms with Crippen LogP contribution in [0.2, 0.25) is 0 Å². The van der Waals surface area contributed by atoms with Crippen LogP contribution < -0.4 is 0 Å². The SMILES string of the molecule is COC1[C@@H](Cl)[C@@H](Cl)C(OC)[C@H](Cl)[C@H]1Cl. The first-order chi connectivity index (χ1) is 6.54. The maximum atomic E-state index is 6.09. The fourth-order valence-electron chi connectivity index (χ4n) is 1.60. The number of rotatable bonds is 2. The number of ether oxygens (including phenoxy) is 2. The highest BCUT2D eigenvalue weighted by atomic mass is 35.5. The molecule has 6 heteroatoms. The molecular weight excluding hydrogens is 270 g/mol. The molecule has 1 saturated carbocycles. The lowest BCUT2D eigenvalue weighted by atomic mass is 9.93. The molecule has 0 N–H and O–H groups in total. The van der Waals surface area contributed by atoms with Crippen LogP contribution in [0.25, 0.3) is 0 Å². The van der Waals surface area contributed by atoms with Crippen molar-refractivity contribution in [1.82, 2.24) is 0 Å². The van der Waals surface area contributed by atoms with Gasteiger partial charge in [0.2, 0.25) is 0 Å². The molecule has 14 heavy (non-hydrogen) atoms. The molecule has 0 amide bonds. The van der Waals surface area contributed by atoms with Gasteiger partial charge in [-0.05, 0) is 0 Å². The van der Waals surface area contributed by atoms with Crippen LogP contribution in [0.4, 0.5) is 0 Å². The molecule has 1 aliphatic rings. The van der Waals surface area contributed by atoms with Crippen LogP contribution in [0.3, 0.4) is 0 Å². The van der Waals surface area contributed by atoms with Gasteiger partial charge in [-0.1, -0.05) is 0 Å². The Bertz CT molecular complexity index is 156. The zero-order valence-electron chi connectivity index (χ0n) is 7.79. The van der Waals surface area contributed by atoms with Gasteiger partial charge in [-0.2, -0.15) is 0 Å². The van der Waals surface area contributed by atoms with Crippen molar-refractivity contribution in [2.75, 3.05) is 14.2 Å². The van der Waals surface area contributed by atoms with Crippen molar-refractivity contribution in [3.05, 3.63) is 0 Å². The van der Waals surface area contributed by atoms with Crippen LogP contribution in [-0.2, 0) is 9.47 Å². The first kappa shape index (κ1) is 13.1. The van der Waals surface area contributed by atoms with Crippen LogP contribution in [0.1, 0.15) is 0 Å². The second kappa shape index (κ2) is 5.42. The predicted octanol–water partition coefficient (Wildman–Crippen LogP) is 2.46. The average molecular weight is 282 g/mol. The number of hydrogen-bond acceptors (Lipinski definition) is 2. The minimum absolute atomic E-state index is 0.352. The molecule has 1 fully saturated rings. The molecule has 1 rings (SSSR count). The Balaban J connectivity index is 2.81. The van der Waals surface area contributed by atoms with Crippen molar-refractivity contribution >= 4 is 46.4 Å². The zero-order valence-corrected chi connectivity index (χ0v) is 10.8. The number of hydrogen-bond donors (Lipinski definition) is 0. The number of halogens is 4. The molecule has 2 unspecified atom stereocenters. The molecule has 0 bridgehead atoms. The van der Waals surface area contributed by atoms with Crippen molar-refractivity contribution in [2.24, 2.45) is 0 Å². The third-order valence-corrected chi connectivity index (χ3v) is 4.75. The summed E-state index contributed by atoms with van der Waals surface area (Å²) in [5.74, 6) is 0. The van der Waals surface area contributed by atoms with E-state index in [2.05, 4.69) is 0 Å². The summed E-state index contributed by atoms with van der Waals surface area (Å²) >= 11 is 24.3. The Kier molecular flexibility index (Phi) is 5.09. The third-order valence-electron chi connectivity index (χ3n) is 2.41. The smallest absolute Gasteiger partial charge is 0.0928 e. The van der Waals surface area contributed by atoms with Gasteiger partial charge in [0, 0.05) is 14.2 Å². The third kappa shape index (κ3) is 2.26. The summed E-state index contributed by atoms with van der Waals surface area (Å²) in [4.78, 5) is 0. The largest absolute Gasteiger partial charge is 0.378 e. The van der Waals surface area contributed by atoms with Crippen LogP contribution >= 0.6 is 46.4 Å². The van der Waals surface area contributed by atoms with E-state index >= 15 is 0 Å². The normalized spacial score (nSPS) is 49.3. The summed E-state index contributed by atoms with van der Waals surface area (Å²) in [5, 5.41) is -1.60. The van der Waals surface area contributed by atoms with Gasteiger partial charge >= 0.3 is 0 Å². The maximum Gasteiger partial charge on any atom is 0.0928 e. The Morgan fingerprint density at radius 2 is 0.857 bits per heavy atom. The summed E-state index contributed by atoms with van der Waals surface area (Å²) in [6.45, 7) is 0. The molecule has 0 aliphatic heterocycles. The highest BCUT2D eigenvalue weighted by Crippen LogP contribution is 2.37. The summed E-state index contributed by atoms with van der Waals surface area (Å²) < 4.78 is 10.3. The standard InChI is InChI=1S/C8H12Cl4O2/c1-13-7-3(9)5(11)8(14-2)6(12)4(7)10/h3-8H,1-2H3/t3-,4-,5-,6+,7?,8?/m1/s1. The van der Waals surface area contributed by atoms with E-state index in [0.717, 1.165) is 0 Å². The molecular formula is C8H12Cl4O2. The summed E-state index contributed by atoms with van der Waals surface area (Å²) in [7, 11) is 3.07. The molecule has 0 spiro atoms. The minimum atomic E-state index is -0.399.